The number of hydrogen-bond acceptors (Lipinski definition) is 7. The van der Waals surface area contributed by atoms with Crippen LogP contribution in [-0.2, 0) is 4.57 Å². The minimum absolute atomic E-state index is 0.105. The highest BCUT2D eigenvalue weighted by Gasteiger charge is 2.19. The molecule has 3 rings (SSSR count). The van der Waals surface area contributed by atoms with Crippen LogP contribution in [0.3, 0.4) is 0 Å². The molecule has 0 aliphatic heterocycles. The van der Waals surface area contributed by atoms with Gasteiger partial charge in [-0.2, -0.15) is 4.98 Å². The van der Waals surface area contributed by atoms with E-state index in [1.54, 1.807) is 31.5 Å². The van der Waals surface area contributed by atoms with Crippen molar-refractivity contribution in [3.8, 4) is 11.8 Å². The van der Waals surface area contributed by atoms with Crippen molar-refractivity contribution in [2.75, 3.05) is 24.0 Å². The summed E-state index contributed by atoms with van der Waals surface area (Å²) in [5, 5.41) is 18.6. The van der Waals surface area contributed by atoms with Gasteiger partial charge >= 0.3 is 0 Å². The summed E-state index contributed by atoms with van der Waals surface area (Å²) in [6.45, 7) is 7.07. The normalized spacial score (nSPS) is 10.8. The Bertz CT molecular complexity index is 1330. The van der Waals surface area contributed by atoms with E-state index in [4.69, 9.17) is 11.6 Å². The van der Waals surface area contributed by atoms with E-state index in [1.807, 2.05) is 26.0 Å². The van der Waals surface area contributed by atoms with Crippen LogP contribution in [0.5, 0.6) is 0 Å². The number of nitro benzene ring substituents is 1. The molecule has 3 aromatic rings. The minimum Gasteiger partial charge on any atom is -0.338 e. The number of aromatic nitrogens is 2. The molecule has 8 nitrogen and oxygen atoms in total. The van der Waals surface area contributed by atoms with Gasteiger partial charge in [0.05, 0.1) is 22.5 Å². The van der Waals surface area contributed by atoms with Gasteiger partial charge in [-0.05, 0) is 44.0 Å². The van der Waals surface area contributed by atoms with Gasteiger partial charge < -0.3 is 15.2 Å². The quantitative estimate of drug-likeness (QED) is 0.196. The van der Waals surface area contributed by atoms with Gasteiger partial charge in [-0.15, -0.1) is 0 Å². The molecule has 0 aliphatic carbocycles. The molecule has 0 radical (unpaired) electrons. The van der Waals surface area contributed by atoms with Crippen LogP contribution in [0.4, 0.5) is 28.8 Å². The maximum atomic E-state index is 12.7. The molecule has 0 amide bonds. The first-order valence-corrected chi connectivity index (χ1v) is 13.1. The number of benzene rings is 2. The molecule has 0 atom stereocenters. The summed E-state index contributed by atoms with van der Waals surface area (Å²) < 4.78 is 12.7. The third-order valence-corrected chi connectivity index (χ3v) is 6.49. The Balaban J connectivity index is 1.97. The van der Waals surface area contributed by atoms with E-state index in [9.17, 15) is 14.7 Å². The number of anilines is 4. The third-order valence-electron chi connectivity index (χ3n) is 4.67. The Morgan fingerprint density at radius 2 is 1.91 bits per heavy atom. The molecule has 0 aliphatic rings. The predicted molar refractivity (Wildman–Crippen MR) is 134 cm³/mol. The molecule has 0 unspecified atom stereocenters. The Morgan fingerprint density at radius 1 is 1.18 bits per heavy atom. The van der Waals surface area contributed by atoms with E-state index < -0.39 is 12.1 Å². The zero-order valence-electron chi connectivity index (χ0n) is 18.6. The summed E-state index contributed by atoms with van der Waals surface area (Å²) in [4.78, 5) is 19.7. The first-order valence-electron chi connectivity index (χ1n) is 10.1. The molecular weight excluding hydrogens is 461 g/mol. The Hall–Kier alpha value is -3.40. The fourth-order valence-electron chi connectivity index (χ4n) is 3.08. The minimum atomic E-state index is -2.55. The average Bonchev–Trinajstić information content (AvgIpc) is 2.75. The fraction of sp³-hybridized carbons (Fsp3) is 0.217. The molecule has 0 bridgehead atoms. The van der Waals surface area contributed by atoms with Crippen molar-refractivity contribution in [1.82, 2.24) is 9.97 Å². The molecule has 1 heterocycles. The second-order valence-electron chi connectivity index (χ2n) is 7.60. The number of hydrogen-bond donors (Lipinski definition) is 2. The SMILES string of the molecule is CCC#Cc1cc(C)c(Nc2ncc(Cl)c(Nc3ccccc3P(C)(C)=O)n2)cc1[N+](=O)[O-]. The lowest BCUT2D eigenvalue weighted by atomic mass is 10.1. The van der Waals surface area contributed by atoms with Crippen LogP contribution in [0.1, 0.15) is 24.5 Å². The summed E-state index contributed by atoms with van der Waals surface area (Å²) in [5.74, 6) is 6.21. The van der Waals surface area contributed by atoms with Gasteiger partial charge in [0.1, 0.15) is 17.7 Å². The van der Waals surface area contributed by atoms with Crippen LogP contribution in [0.15, 0.2) is 42.6 Å². The first-order chi connectivity index (χ1) is 15.6. The first kappa shape index (κ1) is 24.2. The van der Waals surface area contributed by atoms with Crippen LogP contribution in [0, 0.1) is 28.9 Å². The fourth-order valence-corrected chi connectivity index (χ4v) is 4.37. The van der Waals surface area contributed by atoms with E-state index in [1.165, 1.54) is 12.3 Å². The van der Waals surface area contributed by atoms with Gasteiger partial charge in [-0.25, -0.2) is 4.98 Å². The van der Waals surface area contributed by atoms with Crippen LogP contribution in [-0.4, -0.2) is 28.2 Å². The van der Waals surface area contributed by atoms with Gasteiger partial charge in [-0.1, -0.05) is 42.5 Å². The maximum absolute atomic E-state index is 12.7. The second kappa shape index (κ2) is 10.0. The predicted octanol–water partition coefficient (Wildman–Crippen LogP) is 5.84. The lowest BCUT2D eigenvalue weighted by molar-refractivity contribution is -0.385. The lowest BCUT2D eigenvalue weighted by Crippen LogP contribution is -2.11. The second-order valence-corrected chi connectivity index (χ2v) is 11.2. The van der Waals surface area contributed by atoms with Gasteiger partial charge in [0.15, 0.2) is 5.82 Å². The molecule has 170 valence electrons. The summed E-state index contributed by atoms with van der Waals surface area (Å²) >= 11 is 6.29. The molecule has 1 aromatic heterocycles. The van der Waals surface area contributed by atoms with Crippen molar-refractivity contribution in [3.05, 3.63) is 68.9 Å². The highest BCUT2D eigenvalue weighted by molar-refractivity contribution is 7.70. The van der Waals surface area contributed by atoms with E-state index >= 15 is 0 Å². The molecular formula is C23H23ClN5O3P. The zero-order valence-corrected chi connectivity index (χ0v) is 20.3. The van der Waals surface area contributed by atoms with Crippen molar-refractivity contribution in [1.29, 1.82) is 0 Å². The molecule has 0 fully saturated rings. The summed E-state index contributed by atoms with van der Waals surface area (Å²) in [6, 6.07) is 10.3. The maximum Gasteiger partial charge on any atom is 0.287 e. The van der Waals surface area contributed by atoms with Crippen molar-refractivity contribution >= 4 is 52.9 Å². The number of nitro groups is 1. The number of nitrogens with one attached hydrogen (secondary N) is 2. The van der Waals surface area contributed by atoms with E-state index in [-0.39, 0.29) is 16.7 Å². The van der Waals surface area contributed by atoms with E-state index in [0.29, 0.717) is 34.5 Å². The van der Waals surface area contributed by atoms with Crippen molar-refractivity contribution < 1.29 is 9.49 Å². The largest absolute Gasteiger partial charge is 0.338 e. The summed E-state index contributed by atoms with van der Waals surface area (Å²) in [5.41, 5.74) is 2.10. The number of para-hydroxylation sites is 1. The van der Waals surface area contributed by atoms with Crippen LogP contribution in [0.25, 0.3) is 0 Å². The van der Waals surface area contributed by atoms with Crippen molar-refractivity contribution in [2.24, 2.45) is 0 Å². The highest BCUT2D eigenvalue weighted by atomic mass is 35.5. The number of nitrogens with zero attached hydrogens (tertiary/aromatic N) is 3. The zero-order chi connectivity index (χ0) is 24.2. The van der Waals surface area contributed by atoms with Crippen LogP contribution in [0.2, 0.25) is 5.02 Å². The van der Waals surface area contributed by atoms with Gasteiger partial charge in [0, 0.05) is 17.8 Å². The van der Waals surface area contributed by atoms with E-state index in [0.717, 1.165) is 5.56 Å². The van der Waals surface area contributed by atoms with Crippen molar-refractivity contribution in [3.63, 3.8) is 0 Å². The average molecular weight is 484 g/mol. The molecule has 10 heteroatoms. The van der Waals surface area contributed by atoms with Crippen LogP contribution < -0.4 is 15.9 Å². The Kier molecular flexibility index (Phi) is 7.37. The molecule has 2 aromatic carbocycles. The molecule has 0 saturated carbocycles. The Labute approximate surface area is 197 Å². The standard InChI is InChI=1S/C23H23ClN5O3P/c1-5-6-9-16-12-15(2)19(13-20(16)29(30)31)27-23-25-14-17(24)22(28-23)26-18-10-7-8-11-21(18)33(3,4)32/h7-8,10-14H,5H2,1-4H3,(H2,25,26,27,28). The number of rotatable bonds is 6. The van der Waals surface area contributed by atoms with E-state index in [2.05, 4.69) is 32.4 Å². The lowest BCUT2D eigenvalue weighted by Gasteiger charge is -2.16. The topological polar surface area (TPSA) is 110 Å². The number of halogens is 1. The van der Waals surface area contributed by atoms with Gasteiger partial charge in [0.25, 0.3) is 5.69 Å². The highest BCUT2D eigenvalue weighted by Crippen LogP contribution is 2.38. The van der Waals surface area contributed by atoms with Crippen LogP contribution >= 0.6 is 18.7 Å². The third kappa shape index (κ3) is 5.89. The molecule has 33 heavy (non-hydrogen) atoms. The molecule has 0 spiro atoms. The van der Waals surface area contributed by atoms with Crippen molar-refractivity contribution in [2.45, 2.75) is 20.3 Å². The Morgan fingerprint density at radius 3 is 2.58 bits per heavy atom. The monoisotopic (exact) mass is 483 g/mol. The van der Waals surface area contributed by atoms with Gasteiger partial charge in [0.2, 0.25) is 5.95 Å². The summed E-state index contributed by atoms with van der Waals surface area (Å²) in [7, 11) is -2.55. The van der Waals surface area contributed by atoms with Gasteiger partial charge in [-0.3, -0.25) is 10.1 Å². The summed E-state index contributed by atoms with van der Waals surface area (Å²) in [6.07, 6.45) is 2.02. The molecule has 2 N–H and O–H groups in total. The molecule has 0 saturated heterocycles. The number of aryl methyl sites for hydroxylation is 1. The smallest absolute Gasteiger partial charge is 0.287 e.